The van der Waals surface area contributed by atoms with Gasteiger partial charge in [-0.15, -0.1) is 0 Å². The van der Waals surface area contributed by atoms with Crippen LogP contribution in [0.2, 0.25) is 0 Å². The smallest absolute Gasteiger partial charge is 0.309 e. The topological polar surface area (TPSA) is 94.8 Å². The van der Waals surface area contributed by atoms with E-state index in [9.17, 15) is 24.9 Å². The first-order valence-corrected chi connectivity index (χ1v) is 13.8. The predicted octanol–water partition coefficient (Wildman–Crippen LogP) is 6.55. The Kier molecular flexibility index (Phi) is 6.15. The zero-order chi connectivity index (χ0) is 26.2. The second-order valence-electron chi connectivity index (χ2n) is 14.8. The van der Waals surface area contributed by atoms with Gasteiger partial charge in [-0.25, -0.2) is 0 Å². The van der Waals surface area contributed by atoms with Gasteiger partial charge in [0.15, 0.2) is 0 Å². The Bertz CT molecular complexity index is 933. The third kappa shape index (κ3) is 3.65. The minimum atomic E-state index is -0.984. The lowest BCUT2D eigenvalue weighted by molar-refractivity contribution is -0.188. The molecule has 0 aliphatic heterocycles. The lowest BCUT2D eigenvalue weighted by Crippen LogP contribution is -2.63. The maximum Gasteiger partial charge on any atom is 0.309 e. The van der Waals surface area contributed by atoms with Crippen molar-refractivity contribution in [3.63, 3.8) is 0 Å². The number of carbonyl (C=O) groups is 2. The number of aliphatic hydroxyl groups excluding tert-OH is 1. The lowest BCUT2D eigenvalue weighted by atomic mass is 9.34. The fraction of sp³-hybridized carbons (Fsp3) is 0.867. The van der Waals surface area contributed by atoms with E-state index in [0.29, 0.717) is 5.92 Å². The molecule has 3 fully saturated rings. The number of aliphatic carboxylic acids is 2. The molecule has 0 aromatic carbocycles. The van der Waals surface area contributed by atoms with Crippen LogP contribution in [-0.4, -0.2) is 33.9 Å². The number of carboxylic acid groups (broad SMARTS) is 2. The first kappa shape index (κ1) is 26.7. The summed E-state index contributed by atoms with van der Waals surface area (Å²) in [5.74, 6) is -1.40. The largest absolute Gasteiger partial charge is 0.481 e. The molecule has 0 radical (unpaired) electrons. The summed E-state index contributed by atoms with van der Waals surface area (Å²) >= 11 is 0. The fourth-order valence-corrected chi connectivity index (χ4v) is 9.91. The van der Waals surface area contributed by atoms with Crippen LogP contribution < -0.4 is 0 Å². The molecule has 0 heterocycles. The third-order valence-electron chi connectivity index (χ3n) is 12.3. The van der Waals surface area contributed by atoms with E-state index in [4.69, 9.17) is 0 Å². The van der Waals surface area contributed by atoms with Crippen molar-refractivity contribution in [3.8, 4) is 0 Å². The van der Waals surface area contributed by atoms with Crippen LogP contribution in [0.4, 0.5) is 0 Å². The van der Waals surface area contributed by atoms with E-state index in [1.165, 1.54) is 5.57 Å². The van der Waals surface area contributed by atoms with Gasteiger partial charge in [-0.3, -0.25) is 9.59 Å². The Morgan fingerprint density at radius 1 is 1.00 bits per heavy atom. The molecule has 4 rings (SSSR count). The van der Waals surface area contributed by atoms with Crippen molar-refractivity contribution in [2.45, 2.75) is 106 Å². The summed E-state index contributed by atoms with van der Waals surface area (Å²) in [6.45, 7) is 15.4. The molecule has 0 aromatic rings. The SMILES string of the molecule is CC1(C)CC[C@]2(CO)CC[C@]3(C)C(=CC[C@@H]4[C@@](C)(CC(=O)O)[C@H](C(C)(C)C(=O)O)CC[C@]43C)[C@H]2C1. The van der Waals surface area contributed by atoms with E-state index in [0.717, 1.165) is 51.4 Å². The molecule has 35 heavy (non-hydrogen) atoms. The van der Waals surface area contributed by atoms with E-state index < -0.39 is 22.8 Å². The molecule has 3 N–H and O–H groups in total. The van der Waals surface area contributed by atoms with Crippen molar-refractivity contribution in [2.24, 2.45) is 50.2 Å². The van der Waals surface area contributed by atoms with Gasteiger partial charge in [0.1, 0.15) is 0 Å². The fourth-order valence-electron chi connectivity index (χ4n) is 9.91. The first-order valence-electron chi connectivity index (χ1n) is 13.8. The molecule has 0 saturated heterocycles. The van der Waals surface area contributed by atoms with Crippen molar-refractivity contribution < 1.29 is 24.9 Å². The van der Waals surface area contributed by atoms with Gasteiger partial charge in [-0.2, -0.15) is 0 Å². The van der Waals surface area contributed by atoms with Gasteiger partial charge in [0.05, 0.1) is 11.8 Å². The Labute approximate surface area is 211 Å². The average Bonchev–Trinajstić information content (AvgIpc) is 2.73. The summed E-state index contributed by atoms with van der Waals surface area (Å²) in [5, 5.41) is 30.7. The van der Waals surface area contributed by atoms with Crippen molar-refractivity contribution >= 4 is 11.9 Å². The standard InChI is InChI=1S/C30H48O5/c1-25(2)12-14-30(18-31)15-13-28(6)19(20(30)16-25)8-9-22-27(5,17-23(32)33)21(10-11-29(22,28)7)26(3,4)24(34)35/h8,20-22,31H,9-18H2,1-7H3,(H,32,33)(H,34,35)/t20-,21+,22-,27+,28-,29-,30-/m1/s1. The highest BCUT2D eigenvalue weighted by atomic mass is 16.4. The van der Waals surface area contributed by atoms with E-state index in [-0.39, 0.29) is 46.5 Å². The summed E-state index contributed by atoms with van der Waals surface area (Å²) < 4.78 is 0. The van der Waals surface area contributed by atoms with Crippen molar-refractivity contribution in [3.05, 3.63) is 11.6 Å². The summed E-state index contributed by atoms with van der Waals surface area (Å²) in [6, 6.07) is 0. The number of allylic oxidation sites excluding steroid dienone is 2. The molecule has 0 spiro atoms. The number of hydrogen-bond donors (Lipinski definition) is 3. The van der Waals surface area contributed by atoms with Gasteiger partial charge >= 0.3 is 11.9 Å². The molecule has 0 bridgehead atoms. The summed E-state index contributed by atoms with van der Waals surface area (Å²) in [4.78, 5) is 24.5. The number of hydrogen-bond acceptors (Lipinski definition) is 3. The number of carboxylic acids is 2. The normalized spacial score (nSPS) is 44.9. The van der Waals surface area contributed by atoms with Crippen LogP contribution in [0, 0.1) is 50.2 Å². The van der Waals surface area contributed by atoms with Gasteiger partial charge in [0, 0.05) is 12.0 Å². The van der Waals surface area contributed by atoms with Gasteiger partial charge in [0.2, 0.25) is 0 Å². The molecule has 0 unspecified atom stereocenters. The molecule has 0 aromatic heterocycles. The summed E-state index contributed by atoms with van der Waals surface area (Å²) in [6.07, 6.45) is 10.2. The van der Waals surface area contributed by atoms with E-state index in [1.54, 1.807) is 13.8 Å². The van der Waals surface area contributed by atoms with Crippen molar-refractivity contribution in [1.29, 1.82) is 0 Å². The van der Waals surface area contributed by atoms with Crippen molar-refractivity contribution in [1.82, 2.24) is 0 Å². The molecular formula is C30H48O5. The lowest BCUT2D eigenvalue weighted by Gasteiger charge is -2.69. The zero-order valence-corrected chi connectivity index (χ0v) is 23.0. The Balaban J connectivity index is 1.83. The van der Waals surface area contributed by atoms with E-state index >= 15 is 0 Å². The number of rotatable bonds is 5. The van der Waals surface area contributed by atoms with Crippen LogP contribution in [-0.2, 0) is 9.59 Å². The Hall–Kier alpha value is -1.36. The molecule has 4 aliphatic carbocycles. The highest BCUT2D eigenvalue weighted by Crippen LogP contribution is 2.74. The Morgan fingerprint density at radius 3 is 2.20 bits per heavy atom. The quantitative estimate of drug-likeness (QED) is 0.382. The van der Waals surface area contributed by atoms with E-state index in [1.807, 2.05) is 0 Å². The molecule has 5 heteroatoms. The summed E-state index contributed by atoms with van der Waals surface area (Å²) in [5.41, 5.74) is -0.0257. The molecule has 7 atom stereocenters. The third-order valence-corrected chi connectivity index (χ3v) is 12.3. The minimum Gasteiger partial charge on any atom is -0.481 e. The first-order chi connectivity index (χ1) is 16.0. The number of fused-ring (bicyclic) bond motifs is 5. The molecule has 5 nitrogen and oxygen atoms in total. The highest BCUT2D eigenvalue weighted by Gasteiger charge is 2.67. The molecule has 4 aliphatic rings. The Morgan fingerprint density at radius 2 is 1.63 bits per heavy atom. The van der Waals surface area contributed by atoms with Crippen LogP contribution in [0.5, 0.6) is 0 Å². The molecular weight excluding hydrogens is 440 g/mol. The second kappa shape index (κ2) is 8.07. The molecule has 3 saturated carbocycles. The zero-order valence-electron chi connectivity index (χ0n) is 23.0. The van der Waals surface area contributed by atoms with Crippen LogP contribution >= 0.6 is 0 Å². The molecule has 198 valence electrons. The van der Waals surface area contributed by atoms with E-state index in [2.05, 4.69) is 40.7 Å². The maximum atomic E-state index is 12.3. The maximum absolute atomic E-state index is 12.3. The summed E-state index contributed by atoms with van der Waals surface area (Å²) in [7, 11) is 0. The predicted molar refractivity (Wildman–Crippen MR) is 137 cm³/mol. The van der Waals surface area contributed by atoms with Crippen LogP contribution in [0.25, 0.3) is 0 Å². The second-order valence-corrected chi connectivity index (χ2v) is 14.8. The highest BCUT2D eigenvalue weighted by molar-refractivity contribution is 5.75. The van der Waals surface area contributed by atoms with Crippen LogP contribution in [0.1, 0.15) is 106 Å². The van der Waals surface area contributed by atoms with Crippen molar-refractivity contribution in [2.75, 3.05) is 6.61 Å². The monoisotopic (exact) mass is 488 g/mol. The van der Waals surface area contributed by atoms with Gasteiger partial charge in [-0.1, -0.05) is 46.3 Å². The van der Waals surface area contributed by atoms with Gasteiger partial charge in [-0.05, 0) is 105 Å². The van der Waals surface area contributed by atoms with Crippen LogP contribution in [0.15, 0.2) is 11.6 Å². The van der Waals surface area contributed by atoms with Gasteiger partial charge in [0.25, 0.3) is 0 Å². The molecule has 0 amide bonds. The average molecular weight is 489 g/mol. The van der Waals surface area contributed by atoms with Gasteiger partial charge < -0.3 is 15.3 Å². The minimum absolute atomic E-state index is 0.00488. The number of aliphatic hydroxyl groups is 1. The van der Waals surface area contributed by atoms with Crippen LogP contribution in [0.3, 0.4) is 0 Å².